The van der Waals surface area contributed by atoms with Gasteiger partial charge in [-0.3, -0.25) is 4.79 Å². The highest BCUT2D eigenvalue weighted by atomic mass is 32.1. The van der Waals surface area contributed by atoms with Crippen molar-refractivity contribution in [2.75, 3.05) is 13.2 Å². The molecule has 1 fully saturated rings. The number of thiophene rings is 1. The van der Waals surface area contributed by atoms with Crippen LogP contribution in [-0.4, -0.2) is 39.8 Å². The molecule has 0 radical (unpaired) electrons. The molecule has 146 valence electrons. The third-order valence-corrected chi connectivity index (χ3v) is 5.84. The maximum atomic E-state index is 14.2. The van der Waals surface area contributed by atoms with Gasteiger partial charge in [0.15, 0.2) is 0 Å². The van der Waals surface area contributed by atoms with Gasteiger partial charge in [-0.1, -0.05) is 18.2 Å². The summed E-state index contributed by atoms with van der Waals surface area (Å²) in [6, 6.07) is 10.4. The summed E-state index contributed by atoms with van der Waals surface area (Å²) in [6.07, 6.45) is 3.57. The summed E-state index contributed by atoms with van der Waals surface area (Å²) in [4.78, 5) is 16.3. The zero-order chi connectivity index (χ0) is 19.5. The summed E-state index contributed by atoms with van der Waals surface area (Å²) in [6.45, 7) is 3.61. The Kier molecular flexibility index (Phi) is 5.54. The molecule has 0 spiro atoms. The number of nitrogens with zero attached hydrogens (tertiary/aromatic N) is 3. The molecule has 1 saturated heterocycles. The van der Waals surface area contributed by atoms with Crippen LogP contribution in [0.25, 0.3) is 5.69 Å². The third kappa shape index (κ3) is 3.86. The second-order valence-corrected chi connectivity index (χ2v) is 7.94. The van der Waals surface area contributed by atoms with Crippen LogP contribution in [0.4, 0.5) is 4.39 Å². The molecule has 1 atom stereocenters. The van der Waals surface area contributed by atoms with Crippen LogP contribution < -0.4 is 0 Å². The summed E-state index contributed by atoms with van der Waals surface area (Å²) in [5.41, 5.74) is 1.44. The number of carbonyl (C=O) groups excluding carboxylic acids is 1. The first-order valence-electron chi connectivity index (χ1n) is 9.36. The van der Waals surface area contributed by atoms with E-state index in [9.17, 15) is 9.18 Å². The van der Waals surface area contributed by atoms with E-state index in [1.165, 1.54) is 16.9 Å². The molecule has 5 nitrogen and oxygen atoms in total. The Hall–Kier alpha value is -2.51. The van der Waals surface area contributed by atoms with Crippen molar-refractivity contribution in [3.63, 3.8) is 0 Å². The minimum absolute atomic E-state index is 0.0610. The molecule has 0 saturated carbocycles. The SMILES string of the molecule is Cc1c(C(=O)N(Cc2cccs2)CC2CCCO2)cnn1-c1ccccc1F. The molecule has 4 rings (SSSR count). The summed E-state index contributed by atoms with van der Waals surface area (Å²) in [5.74, 6) is -0.480. The normalized spacial score (nSPS) is 16.4. The minimum Gasteiger partial charge on any atom is -0.376 e. The van der Waals surface area contributed by atoms with E-state index < -0.39 is 0 Å². The van der Waals surface area contributed by atoms with Crippen molar-refractivity contribution in [1.82, 2.24) is 14.7 Å². The second kappa shape index (κ2) is 8.24. The molecule has 2 aromatic heterocycles. The molecule has 1 aliphatic rings. The van der Waals surface area contributed by atoms with Gasteiger partial charge in [-0.2, -0.15) is 5.10 Å². The van der Waals surface area contributed by atoms with E-state index >= 15 is 0 Å². The largest absolute Gasteiger partial charge is 0.376 e. The Morgan fingerprint density at radius 3 is 2.93 bits per heavy atom. The van der Waals surface area contributed by atoms with Gasteiger partial charge in [0, 0.05) is 18.0 Å². The van der Waals surface area contributed by atoms with E-state index in [1.807, 2.05) is 22.4 Å². The number of rotatable bonds is 6. The number of benzene rings is 1. The van der Waals surface area contributed by atoms with Gasteiger partial charge in [0.05, 0.1) is 30.1 Å². The fourth-order valence-corrected chi connectivity index (χ4v) is 4.22. The molecular weight excluding hydrogens is 377 g/mol. The molecule has 1 amide bonds. The van der Waals surface area contributed by atoms with Gasteiger partial charge < -0.3 is 9.64 Å². The summed E-state index contributed by atoms with van der Waals surface area (Å²) < 4.78 is 21.4. The predicted molar refractivity (Wildman–Crippen MR) is 106 cm³/mol. The number of amides is 1. The molecule has 7 heteroatoms. The van der Waals surface area contributed by atoms with Crippen molar-refractivity contribution in [1.29, 1.82) is 0 Å². The lowest BCUT2D eigenvalue weighted by Gasteiger charge is -2.25. The Morgan fingerprint density at radius 2 is 2.21 bits per heavy atom. The van der Waals surface area contributed by atoms with Crippen LogP contribution in [0, 0.1) is 12.7 Å². The number of hydrogen-bond donors (Lipinski definition) is 0. The van der Waals surface area contributed by atoms with E-state index in [4.69, 9.17) is 4.74 Å². The van der Waals surface area contributed by atoms with Gasteiger partial charge >= 0.3 is 0 Å². The summed E-state index contributed by atoms with van der Waals surface area (Å²) in [5, 5.41) is 6.29. The lowest BCUT2D eigenvalue weighted by Crippen LogP contribution is -2.37. The average Bonchev–Trinajstić information content (AvgIpc) is 3.44. The third-order valence-electron chi connectivity index (χ3n) is 4.98. The van der Waals surface area contributed by atoms with Gasteiger partial charge in [0.2, 0.25) is 0 Å². The zero-order valence-electron chi connectivity index (χ0n) is 15.7. The molecule has 1 unspecified atom stereocenters. The quantitative estimate of drug-likeness (QED) is 0.624. The first-order chi connectivity index (χ1) is 13.6. The van der Waals surface area contributed by atoms with E-state index in [0.717, 1.165) is 24.3 Å². The lowest BCUT2D eigenvalue weighted by atomic mass is 10.1. The standard InChI is InChI=1S/C21H22FN3O2S/c1-15-18(12-23-25(15)20-9-3-2-8-19(20)22)21(26)24(13-16-6-4-10-27-16)14-17-7-5-11-28-17/h2-3,5,7-9,11-12,16H,4,6,10,13-14H2,1H3. The Labute approximate surface area is 167 Å². The lowest BCUT2D eigenvalue weighted by molar-refractivity contribution is 0.0509. The number of carbonyl (C=O) groups is 1. The van der Waals surface area contributed by atoms with Crippen LogP contribution in [0.15, 0.2) is 48.0 Å². The maximum Gasteiger partial charge on any atom is 0.257 e. The topological polar surface area (TPSA) is 47.4 Å². The molecule has 0 bridgehead atoms. The Balaban J connectivity index is 1.62. The highest BCUT2D eigenvalue weighted by molar-refractivity contribution is 7.09. The number of halogens is 1. The predicted octanol–water partition coefficient (Wildman–Crippen LogP) is 4.20. The van der Waals surface area contributed by atoms with Gasteiger partial charge in [0.1, 0.15) is 11.5 Å². The van der Waals surface area contributed by atoms with Crippen molar-refractivity contribution < 1.29 is 13.9 Å². The highest BCUT2D eigenvalue weighted by Gasteiger charge is 2.26. The van der Waals surface area contributed by atoms with Crippen LogP contribution >= 0.6 is 11.3 Å². The number of hydrogen-bond acceptors (Lipinski definition) is 4. The van der Waals surface area contributed by atoms with Crippen LogP contribution in [0.3, 0.4) is 0 Å². The molecule has 1 aromatic carbocycles. The van der Waals surface area contributed by atoms with Crippen molar-refractivity contribution >= 4 is 17.2 Å². The maximum absolute atomic E-state index is 14.2. The Morgan fingerprint density at radius 1 is 1.36 bits per heavy atom. The molecule has 3 aromatic rings. The zero-order valence-corrected chi connectivity index (χ0v) is 16.5. The first kappa shape index (κ1) is 18.8. The van der Waals surface area contributed by atoms with Gasteiger partial charge in [-0.15, -0.1) is 11.3 Å². The first-order valence-corrected chi connectivity index (χ1v) is 10.2. The smallest absolute Gasteiger partial charge is 0.257 e. The van der Waals surface area contributed by atoms with E-state index in [2.05, 4.69) is 5.10 Å². The molecule has 0 N–H and O–H groups in total. The monoisotopic (exact) mass is 399 g/mol. The van der Waals surface area contributed by atoms with Crippen molar-refractivity contribution in [2.45, 2.75) is 32.4 Å². The summed E-state index contributed by atoms with van der Waals surface area (Å²) >= 11 is 1.62. The van der Waals surface area contributed by atoms with Gasteiger partial charge in [-0.05, 0) is 43.3 Å². The fourth-order valence-electron chi connectivity index (χ4n) is 3.50. The van der Waals surface area contributed by atoms with Crippen molar-refractivity contribution in [2.24, 2.45) is 0 Å². The highest BCUT2D eigenvalue weighted by Crippen LogP contribution is 2.22. The van der Waals surface area contributed by atoms with E-state index in [1.54, 1.807) is 36.5 Å². The second-order valence-electron chi connectivity index (χ2n) is 6.91. The molecule has 0 aliphatic carbocycles. The van der Waals surface area contributed by atoms with E-state index in [0.29, 0.717) is 30.0 Å². The molecule has 28 heavy (non-hydrogen) atoms. The van der Waals surface area contributed by atoms with E-state index in [-0.39, 0.29) is 17.8 Å². The number of ether oxygens (including phenoxy) is 1. The van der Waals surface area contributed by atoms with Crippen LogP contribution in [0.1, 0.15) is 33.8 Å². The molecule has 3 heterocycles. The van der Waals surface area contributed by atoms with Crippen LogP contribution in [0.2, 0.25) is 0 Å². The average molecular weight is 399 g/mol. The fraction of sp³-hybridized carbons (Fsp3) is 0.333. The Bertz CT molecular complexity index is 948. The van der Waals surface area contributed by atoms with Crippen molar-refractivity contribution in [3.8, 4) is 5.69 Å². The molecule has 1 aliphatic heterocycles. The summed E-state index contributed by atoms with van der Waals surface area (Å²) in [7, 11) is 0. The van der Waals surface area contributed by atoms with Crippen LogP contribution in [0.5, 0.6) is 0 Å². The van der Waals surface area contributed by atoms with Gasteiger partial charge in [0.25, 0.3) is 5.91 Å². The number of para-hydroxylation sites is 1. The van der Waals surface area contributed by atoms with Gasteiger partial charge in [-0.25, -0.2) is 9.07 Å². The minimum atomic E-state index is -0.373. The molecular formula is C21H22FN3O2S. The number of aromatic nitrogens is 2. The van der Waals surface area contributed by atoms with Crippen molar-refractivity contribution in [3.05, 3.63) is 69.9 Å². The van der Waals surface area contributed by atoms with Crippen LogP contribution in [-0.2, 0) is 11.3 Å².